The van der Waals surface area contributed by atoms with Gasteiger partial charge in [0.05, 0.1) is 35.3 Å². The van der Waals surface area contributed by atoms with Crippen LogP contribution in [0.5, 0.6) is 23.0 Å². The van der Waals surface area contributed by atoms with Crippen molar-refractivity contribution in [3.63, 3.8) is 0 Å². The van der Waals surface area contributed by atoms with Crippen LogP contribution in [-0.2, 0) is 33.1 Å². The maximum Gasteiger partial charge on any atom is 0.286 e. The van der Waals surface area contributed by atoms with Crippen molar-refractivity contribution in [1.29, 1.82) is 0 Å². The number of aromatic hydroxyl groups is 2. The lowest BCUT2D eigenvalue weighted by Gasteiger charge is -2.20. The standard InChI is InChI=1S/C22H24N4O5S2.C18H16N4O5S2/c1-12(2)9-10-26-22(28)18(20(27)19(24-26)16-8-5-13(3)32-16)21-23-15-7-6-14(31-4)11-17(15)33(29,30)25-21;1-3-22-18(24)14(16(23)15(20-22)12-5-4-8-28-12)17-19-11-7-6-10(27-2)9-13(11)29(25,26)21-17/h5-8,11-12,27H,9-10H2,1-4H3,(H,23,25);4-9,23H,3H2,1-2H3,(H,19,21). The van der Waals surface area contributed by atoms with Crippen molar-refractivity contribution in [3.05, 3.63) is 103 Å². The Morgan fingerprint density at radius 2 is 1.26 bits per heavy atom. The van der Waals surface area contributed by atoms with Gasteiger partial charge >= 0.3 is 0 Å². The quantitative estimate of drug-likeness (QED) is 0.126. The van der Waals surface area contributed by atoms with Gasteiger partial charge in [0.15, 0.2) is 23.2 Å². The number of aromatic nitrogens is 4. The minimum Gasteiger partial charge on any atom is -0.505 e. The Balaban J connectivity index is 0.000000188. The summed E-state index contributed by atoms with van der Waals surface area (Å²) in [5, 5.41) is 38.0. The number of aryl methyl sites for hydroxylation is 3. The average molecular weight is 921 g/mol. The van der Waals surface area contributed by atoms with Crippen molar-refractivity contribution < 1.29 is 36.5 Å². The van der Waals surface area contributed by atoms with Gasteiger partial charge < -0.3 is 30.3 Å². The average Bonchev–Trinajstić information content (AvgIpc) is 3.93. The summed E-state index contributed by atoms with van der Waals surface area (Å²) in [4.78, 5) is 28.3. The van der Waals surface area contributed by atoms with E-state index in [1.807, 2.05) is 32.2 Å². The number of amidine groups is 2. The second kappa shape index (κ2) is 17.2. The predicted octanol–water partition coefficient (Wildman–Crippen LogP) is 5.87. The van der Waals surface area contributed by atoms with E-state index in [9.17, 15) is 36.6 Å². The third kappa shape index (κ3) is 8.45. The zero-order chi connectivity index (χ0) is 44.7. The SMILES string of the molecule is CCn1nc(-c2cccs2)c(O)c(C2=NS(=O)(=O)c3cc(OC)ccc3N2)c1=O.COc1ccc2c(c1)S(=O)(=O)N=C(c1c(O)c(-c3ccc(C)s3)nn(CCC(C)C)c1=O)N2. The largest absolute Gasteiger partial charge is 0.505 e. The monoisotopic (exact) mass is 920 g/mol. The molecule has 4 aromatic heterocycles. The maximum absolute atomic E-state index is 13.3. The highest BCUT2D eigenvalue weighted by atomic mass is 32.2. The van der Waals surface area contributed by atoms with Gasteiger partial charge in [-0.2, -0.15) is 27.0 Å². The van der Waals surface area contributed by atoms with Gasteiger partial charge in [-0.3, -0.25) is 9.59 Å². The number of rotatable bonds is 10. The van der Waals surface area contributed by atoms with Crippen molar-refractivity contribution in [3.8, 4) is 44.1 Å². The van der Waals surface area contributed by atoms with E-state index in [0.717, 1.165) is 9.56 Å². The number of methoxy groups -OCH3 is 2. The van der Waals surface area contributed by atoms with Crippen molar-refractivity contribution in [2.24, 2.45) is 14.7 Å². The molecule has 0 atom stereocenters. The lowest BCUT2D eigenvalue weighted by atomic mass is 10.1. The van der Waals surface area contributed by atoms with E-state index >= 15 is 0 Å². The molecule has 0 aliphatic carbocycles. The highest BCUT2D eigenvalue weighted by molar-refractivity contribution is 7.91. The number of nitrogens with one attached hydrogen (secondary N) is 2. The van der Waals surface area contributed by atoms with E-state index in [4.69, 9.17) is 9.47 Å². The smallest absolute Gasteiger partial charge is 0.286 e. The molecule has 6 aromatic rings. The molecule has 22 heteroatoms. The molecule has 18 nitrogen and oxygen atoms in total. The number of benzene rings is 2. The first-order valence-electron chi connectivity index (χ1n) is 18.9. The number of ether oxygens (including phenoxy) is 2. The van der Waals surface area contributed by atoms with Crippen LogP contribution in [0, 0.1) is 12.8 Å². The predicted molar refractivity (Wildman–Crippen MR) is 237 cm³/mol. The van der Waals surface area contributed by atoms with Gasteiger partial charge in [0.2, 0.25) is 0 Å². The van der Waals surface area contributed by atoms with Crippen LogP contribution in [0.4, 0.5) is 11.4 Å². The molecule has 0 unspecified atom stereocenters. The van der Waals surface area contributed by atoms with Gasteiger partial charge in [-0.25, -0.2) is 9.36 Å². The van der Waals surface area contributed by atoms with Gasteiger partial charge in [-0.1, -0.05) is 19.9 Å². The fourth-order valence-electron chi connectivity index (χ4n) is 6.35. The molecule has 0 radical (unpaired) electrons. The highest BCUT2D eigenvalue weighted by Crippen LogP contribution is 2.38. The maximum atomic E-state index is 13.3. The summed E-state index contributed by atoms with van der Waals surface area (Å²) in [6.07, 6.45) is 0.681. The molecule has 2 aromatic carbocycles. The van der Waals surface area contributed by atoms with Crippen molar-refractivity contribution in [1.82, 2.24) is 19.6 Å². The van der Waals surface area contributed by atoms with E-state index in [1.54, 1.807) is 37.3 Å². The molecule has 324 valence electrons. The lowest BCUT2D eigenvalue weighted by Crippen LogP contribution is -2.34. The van der Waals surface area contributed by atoms with Gasteiger partial charge in [0.1, 0.15) is 43.8 Å². The second-order valence-corrected chi connectivity index (χ2v) is 19.5. The number of hydrogen-bond acceptors (Lipinski definition) is 16. The first kappa shape index (κ1) is 43.7. The summed E-state index contributed by atoms with van der Waals surface area (Å²) < 4.78 is 71.5. The zero-order valence-electron chi connectivity index (χ0n) is 34.0. The molecule has 0 amide bonds. The number of nitrogens with zero attached hydrogens (tertiary/aromatic N) is 6. The Morgan fingerprint density at radius 1 is 0.742 bits per heavy atom. The number of sulfonamides is 2. The molecule has 4 N–H and O–H groups in total. The van der Waals surface area contributed by atoms with Gasteiger partial charge in [0, 0.05) is 30.1 Å². The molecule has 0 saturated heterocycles. The molecule has 8 rings (SSSR count). The molecule has 0 spiro atoms. The number of fused-ring (bicyclic) bond motifs is 2. The van der Waals surface area contributed by atoms with E-state index in [2.05, 4.69) is 29.6 Å². The van der Waals surface area contributed by atoms with Crippen LogP contribution in [-0.4, -0.2) is 72.5 Å². The zero-order valence-corrected chi connectivity index (χ0v) is 37.3. The van der Waals surface area contributed by atoms with Crippen molar-refractivity contribution in [2.75, 3.05) is 24.9 Å². The fraction of sp³-hybridized carbons (Fsp3) is 0.250. The first-order valence-corrected chi connectivity index (χ1v) is 23.4. The molecular formula is C40H40N8O10S4. The normalized spacial score (nSPS) is 14.6. The summed E-state index contributed by atoms with van der Waals surface area (Å²) in [5.41, 5.74) is -0.916. The Bertz CT molecular complexity index is 3140. The van der Waals surface area contributed by atoms with E-state index in [0.29, 0.717) is 40.1 Å². The highest BCUT2D eigenvalue weighted by Gasteiger charge is 2.33. The molecular weight excluding hydrogens is 881 g/mol. The molecule has 62 heavy (non-hydrogen) atoms. The fourth-order valence-corrected chi connectivity index (χ4v) is 10.2. The molecule has 0 saturated carbocycles. The minimum atomic E-state index is -4.15. The number of thiophene rings is 2. The molecule has 2 aliphatic heterocycles. The molecule has 0 fully saturated rings. The summed E-state index contributed by atoms with van der Waals surface area (Å²) in [6, 6.07) is 16.1. The number of hydrogen-bond donors (Lipinski definition) is 4. The van der Waals surface area contributed by atoms with Gasteiger partial charge in [-0.05, 0) is 74.0 Å². The Morgan fingerprint density at radius 3 is 1.71 bits per heavy atom. The Hall–Kier alpha value is -6.36. The minimum absolute atomic E-state index is 0.0756. The van der Waals surface area contributed by atoms with Crippen LogP contribution in [0.2, 0.25) is 0 Å². The van der Waals surface area contributed by atoms with Crippen LogP contribution in [0.25, 0.3) is 21.1 Å². The Kier molecular flexibility index (Phi) is 12.1. The Labute approximate surface area is 363 Å². The third-order valence-electron chi connectivity index (χ3n) is 9.54. The van der Waals surface area contributed by atoms with E-state index < -0.39 is 42.7 Å². The van der Waals surface area contributed by atoms with Crippen LogP contribution in [0.15, 0.2) is 94.2 Å². The van der Waals surface area contributed by atoms with Gasteiger partial charge in [-0.15, -0.1) is 31.5 Å². The summed E-state index contributed by atoms with van der Waals surface area (Å²) >= 11 is 2.74. The van der Waals surface area contributed by atoms with Gasteiger partial charge in [0.25, 0.3) is 31.2 Å². The third-order valence-corrected chi connectivity index (χ3v) is 14.1. The van der Waals surface area contributed by atoms with Crippen LogP contribution in [0.3, 0.4) is 0 Å². The first-order chi connectivity index (χ1) is 29.5. The topological polar surface area (TPSA) is 246 Å². The van der Waals surface area contributed by atoms with Crippen molar-refractivity contribution >= 4 is 65.8 Å². The summed E-state index contributed by atoms with van der Waals surface area (Å²) in [6.45, 7) is 8.25. The van der Waals surface area contributed by atoms with Crippen LogP contribution >= 0.6 is 22.7 Å². The van der Waals surface area contributed by atoms with Crippen LogP contribution in [0.1, 0.15) is 43.2 Å². The second-order valence-electron chi connectivity index (χ2n) is 14.2. The summed E-state index contributed by atoms with van der Waals surface area (Å²) in [7, 11) is -5.42. The summed E-state index contributed by atoms with van der Waals surface area (Å²) in [5.74, 6) is -0.320. The van der Waals surface area contributed by atoms with E-state index in [-0.39, 0.29) is 61.9 Å². The van der Waals surface area contributed by atoms with E-state index in [1.165, 1.54) is 65.8 Å². The molecule has 2 aliphatic rings. The number of anilines is 2. The van der Waals surface area contributed by atoms with Crippen molar-refractivity contribution in [2.45, 2.75) is 57.0 Å². The molecule has 0 bridgehead atoms. The van der Waals surface area contributed by atoms with Crippen LogP contribution < -0.4 is 31.2 Å². The lowest BCUT2D eigenvalue weighted by molar-refractivity contribution is 0.413. The molecule has 6 heterocycles.